The fraction of sp³-hybridized carbons (Fsp3) is 0.412. The summed E-state index contributed by atoms with van der Waals surface area (Å²) in [6, 6.07) is 6.19. The van der Waals surface area contributed by atoms with Gasteiger partial charge in [-0.05, 0) is 45.7 Å². The van der Waals surface area contributed by atoms with Crippen molar-refractivity contribution in [3.05, 3.63) is 35.4 Å². The highest BCUT2D eigenvalue weighted by Crippen LogP contribution is 2.38. The number of rotatable bonds is 3. The minimum atomic E-state index is -1.27. The number of hydrogen-bond acceptors (Lipinski definition) is 6. The van der Waals surface area contributed by atoms with Gasteiger partial charge in [0, 0.05) is 0 Å². The molecule has 0 aromatic heterocycles. The molecule has 2 aliphatic rings. The number of benzene rings is 1. The standard InChI is InChI=1S/C17H18N2O6/c1-16(2,3)24-15(23)18-17(8-9-17)14(22)25-19-12(20)10-6-4-5-7-11(10)13(19)21/h4-7H,8-9H2,1-3H3,(H,18,23). The van der Waals surface area contributed by atoms with E-state index in [1.165, 1.54) is 12.1 Å². The average Bonchev–Trinajstić information content (AvgIpc) is 3.25. The number of hydroxylamine groups is 2. The smallest absolute Gasteiger partial charge is 0.408 e. The quantitative estimate of drug-likeness (QED) is 0.837. The Morgan fingerprint density at radius 2 is 1.60 bits per heavy atom. The maximum Gasteiger partial charge on any atom is 0.408 e. The Hall–Kier alpha value is -2.90. The molecule has 1 aromatic rings. The van der Waals surface area contributed by atoms with Gasteiger partial charge in [0.1, 0.15) is 11.1 Å². The van der Waals surface area contributed by atoms with Crippen LogP contribution in [0, 0.1) is 0 Å². The maximum atomic E-state index is 12.4. The van der Waals surface area contributed by atoms with Gasteiger partial charge >= 0.3 is 12.1 Å². The van der Waals surface area contributed by atoms with Gasteiger partial charge in [-0.1, -0.05) is 17.2 Å². The van der Waals surface area contributed by atoms with Gasteiger partial charge in [-0.2, -0.15) is 0 Å². The molecule has 1 fully saturated rings. The van der Waals surface area contributed by atoms with E-state index >= 15 is 0 Å². The van der Waals surface area contributed by atoms with E-state index < -0.39 is 35.0 Å². The van der Waals surface area contributed by atoms with Crippen molar-refractivity contribution in [1.82, 2.24) is 10.4 Å². The zero-order chi connectivity index (χ0) is 18.4. The SMILES string of the molecule is CC(C)(C)OC(=O)NC1(C(=O)ON2C(=O)c3ccccc3C2=O)CC1. The number of imide groups is 1. The van der Waals surface area contributed by atoms with Crippen molar-refractivity contribution in [2.75, 3.05) is 0 Å². The van der Waals surface area contributed by atoms with Crippen molar-refractivity contribution in [1.29, 1.82) is 0 Å². The van der Waals surface area contributed by atoms with Crippen LogP contribution >= 0.6 is 0 Å². The van der Waals surface area contributed by atoms with E-state index in [-0.39, 0.29) is 11.1 Å². The van der Waals surface area contributed by atoms with Crippen LogP contribution in [0.15, 0.2) is 24.3 Å². The monoisotopic (exact) mass is 346 g/mol. The van der Waals surface area contributed by atoms with Crippen molar-refractivity contribution < 1.29 is 28.8 Å². The van der Waals surface area contributed by atoms with Gasteiger partial charge in [0.15, 0.2) is 0 Å². The molecule has 1 aliphatic heterocycles. The van der Waals surface area contributed by atoms with Gasteiger partial charge in [0.05, 0.1) is 11.1 Å². The van der Waals surface area contributed by atoms with Crippen molar-refractivity contribution in [2.45, 2.75) is 44.8 Å². The molecule has 25 heavy (non-hydrogen) atoms. The fourth-order valence-corrected chi connectivity index (χ4v) is 2.42. The second-order valence-corrected chi connectivity index (χ2v) is 7.04. The van der Waals surface area contributed by atoms with Gasteiger partial charge in [-0.25, -0.2) is 9.59 Å². The van der Waals surface area contributed by atoms with Gasteiger partial charge in [0.2, 0.25) is 0 Å². The number of nitrogens with one attached hydrogen (secondary N) is 1. The Morgan fingerprint density at radius 3 is 2.04 bits per heavy atom. The molecule has 3 rings (SSSR count). The molecule has 1 saturated carbocycles. The largest absolute Gasteiger partial charge is 0.444 e. The molecule has 132 valence electrons. The van der Waals surface area contributed by atoms with Crippen molar-refractivity contribution in [3.63, 3.8) is 0 Å². The molecule has 0 atom stereocenters. The van der Waals surface area contributed by atoms with Crippen LogP contribution in [0.4, 0.5) is 4.79 Å². The Balaban J connectivity index is 1.68. The lowest BCUT2D eigenvalue weighted by molar-refractivity contribution is -0.172. The van der Waals surface area contributed by atoms with E-state index in [1.807, 2.05) is 0 Å². The van der Waals surface area contributed by atoms with Crippen molar-refractivity contribution >= 4 is 23.9 Å². The Kier molecular flexibility index (Phi) is 3.78. The zero-order valence-corrected chi connectivity index (χ0v) is 14.1. The summed E-state index contributed by atoms with van der Waals surface area (Å²) in [5.74, 6) is -2.28. The number of carbonyl (C=O) groups is 4. The van der Waals surface area contributed by atoms with Crippen LogP contribution in [-0.4, -0.2) is 40.1 Å². The third-order valence-corrected chi connectivity index (χ3v) is 3.81. The zero-order valence-electron chi connectivity index (χ0n) is 14.1. The molecule has 0 radical (unpaired) electrons. The highest BCUT2D eigenvalue weighted by atomic mass is 16.7. The second-order valence-electron chi connectivity index (χ2n) is 7.04. The number of alkyl carbamates (subject to hydrolysis) is 1. The predicted octanol–water partition coefficient (Wildman–Crippen LogP) is 1.80. The van der Waals surface area contributed by atoms with Crippen molar-refractivity contribution in [3.8, 4) is 0 Å². The molecule has 0 saturated heterocycles. The predicted molar refractivity (Wildman–Crippen MR) is 84.4 cm³/mol. The second kappa shape index (κ2) is 5.58. The van der Waals surface area contributed by atoms with E-state index in [4.69, 9.17) is 9.57 Å². The van der Waals surface area contributed by atoms with Crippen LogP contribution in [0.3, 0.4) is 0 Å². The van der Waals surface area contributed by atoms with Gasteiger partial charge in [-0.3, -0.25) is 9.59 Å². The molecule has 1 aliphatic carbocycles. The summed E-state index contributed by atoms with van der Waals surface area (Å²) in [6.45, 7) is 5.09. The van der Waals surface area contributed by atoms with E-state index in [9.17, 15) is 19.2 Å². The molecule has 8 nitrogen and oxygen atoms in total. The van der Waals surface area contributed by atoms with Crippen molar-refractivity contribution in [2.24, 2.45) is 0 Å². The molecule has 0 bridgehead atoms. The van der Waals surface area contributed by atoms with Crippen LogP contribution in [0.2, 0.25) is 0 Å². The first-order valence-corrected chi connectivity index (χ1v) is 7.84. The van der Waals surface area contributed by atoms with Crippen LogP contribution in [0.25, 0.3) is 0 Å². The summed E-state index contributed by atoms with van der Waals surface area (Å²) in [4.78, 5) is 53.7. The summed E-state index contributed by atoms with van der Waals surface area (Å²) < 4.78 is 5.12. The molecule has 0 unspecified atom stereocenters. The topological polar surface area (TPSA) is 102 Å². The third kappa shape index (κ3) is 3.19. The molecule has 0 spiro atoms. The van der Waals surface area contributed by atoms with Gasteiger partial charge in [0.25, 0.3) is 11.8 Å². The minimum Gasteiger partial charge on any atom is -0.444 e. The first-order chi connectivity index (χ1) is 11.6. The lowest BCUT2D eigenvalue weighted by Crippen LogP contribution is -2.48. The van der Waals surface area contributed by atoms with E-state index in [1.54, 1.807) is 32.9 Å². The Bertz CT molecular complexity index is 741. The highest BCUT2D eigenvalue weighted by molar-refractivity contribution is 6.21. The first kappa shape index (κ1) is 16.9. The van der Waals surface area contributed by atoms with Crippen LogP contribution < -0.4 is 5.32 Å². The maximum absolute atomic E-state index is 12.4. The van der Waals surface area contributed by atoms with Crippen LogP contribution in [0.5, 0.6) is 0 Å². The normalized spacial score (nSPS) is 17.8. The van der Waals surface area contributed by atoms with E-state index in [2.05, 4.69) is 5.32 Å². The minimum absolute atomic E-state index is 0.172. The van der Waals surface area contributed by atoms with Gasteiger partial charge < -0.3 is 14.9 Å². The lowest BCUT2D eigenvalue weighted by atomic mass is 10.1. The summed E-state index contributed by atoms with van der Waals surface area (Å²) in [7, 11) is 0. The number of hydrogen-bond donors (Lipinski definition) is 1. The van der Waals surface area contributed by atoms with Gasteiger partial charge in [-0.15, -0.1) is 0 Å². The molecule has 3 amide bonds. The van der Waals surface area contributed by atoms with E-state index in [0.29, 0.717) is 17.9 Å². The summed E-state index contributed by atoms with van der Waals surface area (Å²) in [5, 5.41) is 2.90. The summed E-state index contributed by atoms with van der Waals surface area (Å²) in [5.41, 5.74) is -1.64. The number of ether oxygens (including phenoxy) is 1. The Morgan fingerprint density at radius 1 is 1.08 bits per heavy atom. The summed E-state index contributed by atoms with van der Waals surface area (Å²) >= 11 is 0. The molecule has 1 N–H and O–H groups in total. The number of amides is 3. The lowest BCUT2D eigenvalue weighted by Gasteiger charge is -2.23. The Labute approximate surface area is 144 Å². The van der Waals surface area contributed by atoms with Crippen LogP contribution in [-0.2, 0) is 14.4 Å². The molecular weight excluding hydrogens is 328 g/mol. The first-order valence-electron chi connectivity index (χ1n) is 7.84. The average molecular weight is 346 g/mol. The number of carbonyl (C=O) groups excluding carboxylic acids is 4. The molecule has 1 aromatic carbocycles. The number of nitrogens with zero attached hydrogens (tertiary/aromatic N) is 1. The van der Waals surface area contributed by atoms with E-state index in [0.717, 1.165) is 0 Å². The third-order valence-electron chi connectivity index (χ3n) is 3.81. The molecule has 8 heteroatoms. The fourth-order valence-electron chi connectivity index (χ4n) is 2.42. The van der Waals surface area contributed by atoms with Crippen LogP contribution in [0.1, 0.15) is 54.3 Å². The number of fused-ring (bicyclic) bond motifs is 1. The summed E-state index contributed by atoms with van der Waals surface area (Å²) in [6.07, 6.45) is -0.0769. The molecular formula is C17H18N2O6. The highest BCUT2D eigenvalue weighted by Gasteiger charge is 2.55. The molecule has 1 heterocycles.